The van der Waals surface area contributed by atoms with Crippen LogP contribution in [0.1, 0.15) is 17.3 Å². The van der Waals surface area contributed by atoms with E-state index in [0.717, 1.165) is 5.56 Å². The molecule has 0 bridgehead atoms. The Morgan fingerprint density at radius 3 is 2.67 bits per heavy atom. The van der Waals surface area contributed by atoms with Gasteiger partial charge in [0.25, 0.3) is 0 Å². The Hall–Kier alpha value is -1.94. The van der Waals surface area contributed by atoms with Crippen molar-refractivity contribution in [3.05, 3.63) is 47.5 Å². The van der Waals surface area contributed by atoms with Gasteiger partial charge in [0, 0.05) is 24.2 Å². The molecule has 0 spiro atoms. The Balaban J connectivity index is 2.55. The van der Waals surface area contributed by atoms with Crippen LogP contribution in [0.4, 0.5) is 0 Å². The summed E-state index contributed by atoms with van der Waals surface area (Å²) in [6.45, 7) is 2.07. The van der Waals surface area contributed by atoms with Gasteiger partial charge in [-0.25, -0.2) is 9.78 Å². The highest BCUT2D eigenvalue weighted by Gasteiger charge is 2.17. The van der Waals surface area contributed by atoms with Crippen LogP contribution in [0.25, 0.3) is 11.1 Å². The van der Waals surface area contributed by atoms with Crippen molar-refractivity contribution in [2.45, 2.75) is 6.92 Å². The Bertz CT molecular complexity index is 558. The molecule has 0 aliphatic heterocycles. The molecule has 2 heterocycles. The largest absolute Gasteiger partial charge is 0.462 e. The maximum absolute atomic E-state index is 11.9. The molecule has 0 fully saturated rings. The number of ether oxygens (including phenoxy) is 1. The highest BCUT2D eigenvalue weighted by atomic mass is 35.5. The fourth-order valence-corrected chi connectivity index (χ4v) is 1.88. The normalized spacial score (nSPS) is 10.1. The first-order valence-corrected chi connectivity index (χ1v) is 5.84. The number of nitrogens with zero attached hydrogens (tertiary/aromatic N) is 2. The van der Waals surface area contributed by atoms with Crippen molar-refractivity contribution < 1.29 is 9.53 Å². The summed E-state index contributed by atoms with van der Waals surface area (Å²) >= 11 is 6.07. The smallest absolute Gasteiger partial charge is 0.338 e. The van der Waals surface area contributed by atoms with E-state index in [4.69, 9.17) is 16.3 Å². The van der Waals surface area contributed by atoms with E-state index in [2.05, 4.69) is 9.97 Å². The minimum atomic E-state index is -0.409. The number of carbonyl (C=O) groups excluding carboxylic acids is 1. The summed E-state index contributed by atoms with van der Waals surface area (Å²) in [4.78, 5) is 19.8. The molecule has 0 atom stereocenters. The first-order chi connectivity index (χ1) is 8.74. The number of hydrogen-bond donors (Lipinski definition) is 0. The zero-order valence-corrected chi connectivity index (χ0v) is 10.5. The van der Waals surface area contributed by atoms with Crippen LogP contribution in [0.3, 0.4) is 0 Å². The van der Waals surface area contributed by atoms with E-state index in [1.807, 2.05) is 0 Å². The molecule has 4 nitrogen and oxygen atoms in total. The Kier molecular flexibility index (Phi) is 3.89. The minimum absolute atomic E-state index is 0.270. The maximum atomic E-state index is 11.9. The van der Waals surface area contributed by atoms with Crippen molar-refractivity contribution in [2.24, 2.45) is 0 Å². The van der Waals surface area contributed by atoms with Gasteiger partial charge in [0.15, 0.2) is 0 Å². The lowest BCUT2D eigenvalue weighted by atomic mass is 10.0. The van der Waals surface area contributed by atoms with Gasteiger partial charge in [0.2, 0.25) is 0 Å². The molecule has 0 N–H and O–H groups in total. The Morgan fingerprint density at radius 1 is 1.28 bits per heavy atom. The first kappa shape index (κ1) is 12.5. The number of carbonyl (C=O) groups is 1. The zero-order chi connectivity index (χ0) is 13.0. The van der Waals surface area contributed by atoms with E-state index in [0.29, 0.717) is 17.7 Å². The molecular weight excluding hydrogens is 252 g/mol. The molecule has 0 radical (unpaired) electrons. The Morgan fingerprint density at radius 2 is 2.00 bits per heavy atom. The summed E-state index contributed by atoms with van der Waals surface area (Å²) in [5, 5.41) is 0.270. The molecule has 0 saturated carbocycles. The molecule has 0 aliphatic rings. The van der Waals surface area contributed by atoms with Gasteiger partial charge in [-0.1, -0.05) is 11.6 Å². The fourth-order valence-electron chi connectivity index (χ4n) is 1.61. The highest BCUT2D eigenvalue weighted by molar-refractivity contribution is 6.33. The number of rotatable bonds is 3. The molecule has 0 aromatic carbocycles. The third-order valence-corrected chi connectivity index (χ3v) is 2.66. The lowest BCUT2D eigenvalue weighted by molar-refractivity contribution is 0.0527. The van der Waals surface area contributed by atoms with Gasteiger partial charge in [0.1, 0.15) is 5.15 Å². The molecule has 0 unspecified atom stereocenters. The van der Waals surface area contributed by atoms with Crippen LogP contribution in [0, 0.1) is 0 Å². The molecule has 2 aromatic rings. The maximum Gasteiger partial charge on any atom is 0.338 e. The summed E-state index contributed by atoms with van der Waals surface area (Å²) < 4.78 is 5.00. The van der Waals surface area contributed by atoms with E-state index < -0.39 is 5.97 Å². The SMILES string of the molecule is CCOC(=O)c1ccnc(Cl)c1-c1ccncc1. The van der Waals surface area contributed by atoms with Crippen molar-refractivity contribution in [1.29, 1.82) is 0 Å². The molecule has 0 aliphatic carbocycles. The summed E-state index contributed by atoms with van der Waals surface area (Å²) in [5.74, 6) is -0.409. The molecule has 92 valence electrons. The van der Waals surface area contributed by atoms with E-state index in [1.165, 1.54) is 6.20 Å². The van der Waals surface area contributed by atoms with Crippen molar-refractivity contribution in [2.75, 3.05) is 6.61 Å². The van der Waals surface area contributed by atoms with Crippen LogP contribution in [0.5, 0.6) is 0 Å². The third-order valence-electron chi connectivity index (χ3n) is 2.37. The minimum Gasteiger partial charge on any atom is -0.462 e. The summed E-state index contributed by atoms with van der Waals surface area (Å²) in [6, 6.07) is 5.14. The monoisotopic (exact) mass is 262 g/mol. The number of esters is 1. The average molecular weight is 263 g/mol. The van der Waals surface area contributed by atoms with Crippen molar-refractivity contribution in [1.82, 2.24) is 9.97 Å². The second kappa shape index (κ2) is 5.60. The van der Waals surface area contributed by atoms with E-state index in [9.17, 15) is 4.79 Å². The van der Waals surface area contributed by atoms with Gasteiger partial charge in [-0.15, -0.1) is 0 Å². The van der Waals surface area contributed by atoms with Crippen LogP contribution in [0.2, 0.25) is 5.15 Å². The lowest BCUT2D eigenvalue weighted by Crippen LogP contribution is -2.07. The molecular formula is C13H11ClN2O2. The van der Waals surface area contributed by atoms with E-state index >= 15 is 0 Å². The number of halogens is 1. The highest BCUT2D eigenvalue weighted by Crippen LogP contribution is 2.29. The molecule has 18 heavy (non-hydrogen) atoms. The predicted molar refractivity (Wildman–Crippen MR) is 68.4 cm³/mol. The zero-order valence-electron chi connectivity index (χ0n) is 9.76. The number of hydrogen-bond acceptors (Lipinski definition) is 4. The van der Waals surface area contributed by atoms with Crippen molar-refractivity contribution in [3.63, 3.8) is 0 Å². The van der Waals surface area contributed by atoms with Crippen LogP contribution in [0.15, 0.2) is 36.8 Å². The third kappa shape index (κ3) is 2.49. The molecule has 0 amide bonds. The van der Waals surface area contributed by atoms with Crippen LogP contribution >= 0.6 is 11.6 Å². The summed E-state index contributed by atoms with van der Waals surface area (Å²) in [7, 11) is 0. The lowest BCUT2D eigenvalue weighted by Gasteiger charge is -2.09. The molecule has 0 saturated heterocycles. The summed E-state index contributed by atoms with van der Waals surface area (Å²) in [6.07, 6.45) is 4.75. The van der Waals surface area contributed by atoms with Crippen molar-refractivity contribution >= 4 is 17.6 Å². The number of aromatic nitrogens is 2. The van der Waals surface area contributed by atoms with Gasteiger partial charge in [-0.2, -0.15) is 0 Å². The van der Waals surface area contributed by atoms with Gasteiger partial charge >= 0.3 is 5.97 Å². The van der Waals surface area contributed by atoms with Crippen molar-refractivity contribution in [3.8, 4) is 11.1 Å². The van der Waals surface area contributed by atoms with Gasteiger partial charge in [-0.05, 0) is 30.7 Å². The van der Waals surface area contributed by atoms with E-state index in [-0.39, 0.29) is 5.15 Å². The second-order valence-electron chi connectivity index (χ2n) is 3.48. The second-order valence-corrected chi connectivity index (χ2v) is 3.84. The average Bonchev–Trinajstić information content (AvgIpc) is 2.39. The van der Waals surface area contributed by atoms with Crippen LogP contribution in [-0.2, 0) is 4.74 Å². The molecule has 5 heteroatoms. The fraction of sp³-hybridized carbons (Fsp3) is 0.154. The van der Waals surface area contributed by atoms with Gasteiger partial charge < -0.3 is 4.74 Å². The Labute approximate surface area is 110 Å². The number of pyridine rings is 2. The first-order valence-electron chi connectivity index (χ1n) is 5.46. The van der Waals surface area contributed by atoms with E-state index in [1.54, 1.807) is 37.5 Å². The topological polar surface area (TPSA) is 52.1 Å². The van der Waals surface area contributed by atoms with Gasteiger partial charge in [-0.3, -0.25) is 4.98 Å². The quantitative estimate of drug-likeness (QED) is 0.630. The van der Waals surface area contributed by atoms with Crippen LogP contribution < -0.4 is 0 Å². The predicted octanol–water partition coefficient (Wildman–Crippen LogP) is 2.97. The summed E-state index contributed by atoms with van der Waals surface area (Å²) in [5.41, 5.74) is 1.76. The molecule has 2 rings (SSSR count). The van der Waals surface area contributed by atoms with Gasteiger partial charge in [0.05, 0.1) is 12.2 Å². The standard InChI is InChI=1S/C13H11ClN2O2/c1-2-18-13(17)10-5-8-16-12(14)11(10)9-3-6-15-7-4-9/h3-8H,2H2,1H3. The van der Waals surface area contributed by atoms with Crippen LogP contribution in [-0.4, -0.2) is 22.5 Å². The molecule has 2 aromatic heterocycles.